The Labute approximate surface area is 85.7 Å². The molecule has 0 saturated carbocycles. The van der Waals surface area contributed by atoms with Crippen LogP contribution in [0.3, 0.4) is 0 Å². The van der Waals surface area contributed by atoms with E-state index in [9.17, 15) is 0 Å². The van der Waals surface area contributed by atoms with Crippen molar-refractivity contribution in [1.29, 1.82) is 0 Å². The third kappa shape index (κ3) is 1.24. The van der Waals surface area contributed by atoms with Crippen molar-refractivity contribution < 1.29 is 0 Å². The standard InChI is InChI=1S/C13H17N/c1-4-9-8-11(9)13(2,3)10-6-5-7-12(10)14/h4,6-9H,1,5,14H2,2-3H3. The largest absolute Gasteiger partial charge is 0.399 e. The van der Waals surface area contributed by atoms with Gasteiger partial charge in [-0.25, -0.2) is 0 Å². The van der Waals surface area contributed by atoms with Gasteiger partial charge in [0.1, 0.15) is 0 Å². The lowest BCUT2D eigenvalue weighted by atomic mass is 9.79. The van der Waals surface area contributed by atoms with E-state index in [1.807, 2.05) is 6.08 Å². The molecule has 0 bridgehead atoms. The third-order valence-corrected chi connectivity index (χ3v) is 3.23. The quantitative estimate of drug-likeness (QED) is 0.675. The van der Waals surface area contributed by atoms with Crippen LogP contribution >= 0.6 is 0 Å². The molecule has 1 unspecified atom stereocenters. The van der Waals surface area contributed by atoms with Gasteiger partial charge in [-0.2, -0.15) is 0 Å². The fourth-order valence-electron chi connectivity index (χ4n) is 2.27. The maximum atomic E-state index is 5.96. The summed E-state index contributed by atoms with van der Waals surface area (Å²) in [5, 5.41) is 0. The summed E-state index contributed by atoms with van der Waals surface area (Å²) in [7, 11) is 0. The normalized spacial score (nSPS) is 25.3. The Balaban J connectivity index is 2.22. The van der Waals surface area contributed by atoms with Crippen LogP contribution in [-0.2, 0) is 0 Å². The Hall–Kier alpha value is -1.24. The summed E-state index contributed by atoms with van der Waals surface area (Å²) in [4.78, 5) is 0. The van der Waals surface area contributed by atoms with E-state index in [1.54, 1.807) is 0 Å². The zero-order valence-corrected chi connectivity index (χ0v) is 8.88. The molecule has 2 N–H and O–H groups in total. The first kappa shape index (κ1) is 9.32. The zero-order valence-electron chi connectivity index (χ0n) is 8.88. The van der Waals surface area contributed by atoms with Crippen LogP contribution in [0.2, 0.25) is 0 Å². The van der Waals surface area contributed by atoms with Gasteiger partial charge < -0.3 is 5.73 Å². The molecule has 74 valence electrons. The summed E-state index contributed by atoms with van der Waals surface area (Å²) >= 11 is 0. The van der Waals surface area contributed by atoms with E-state index in [1.165, 1.54) is 11.1 Å². The fraction of sp³-hybridized carbons (Fsp3) is 0.385. The van der Waals surface area contributed by atoms with Crippen LogP contribution < -0.4 is 5.73 Å². The van der Waals surface area contributed by atoms with Gasteiger partial charge >= 0.3 is 0 Å². The van der Waals surface area contributed by atoms with Crippen molar-refractivity contribution in [2.24, 2.45) is 17.1 Å². The van der Waals surface area contributed by atoms with E-state index in [0.29, 0.717) is 5.92 Å². The molecule has 0 aliphatic heterocycles. The molecule has 0 amide bonds. The second kappa shape index (κ2) is 2.88. The van der Waals surface area contributed by atoms with E-state index < -0.39 is 0 Å². The van der Waals surface area contributed by atoms with Crippen molar-refractivity contribution in [2.75, 3.05) is 0 Å². The number of nitrogens with two attached hydrogens (primary N) is 1. The maximum Gasteiger partial charge on any atom is 0.0314 e. The van der Waals surface area contributed by atoms with Gasteiger partial charge in [-0.15, -0.1) is 6.58 Å². The summed E-state index contributed by atoms with van der Waals surface area (Å²) in [5.74, 6) is 0.499. The third-order valence-electron chi connectivity index (χ3n) is 3.23. The van der Waals surface area contributed by atoms with E-state index in [2.05, 4.69) is 38.7 Å². The highest BCUT2D eigenvalue weighted by molar-refractivity contribution is 5.51. The Morgan fingerprint density at radius 1 is 1.50 bits per heavy atom. The lowest BCUT2D eigenvalue weighted by Gasteiger charge is -2.25. The van der Waals surface area contributed by atoms with Crippen LogP contribution in [-0.4, -0.2) is 0 Å². The molecule has 2 aliphatic rings. The average Bonchev–Trinajstić information content (AvgIpc) is 2.82. The minimum atomic E-state index is 0.0932. The van der Waals surface area contributed by atoms with Crippen molar-refractivity contribution >= 4 is 0 Å². The van der Waals surface area contributed by atoms with Crippen molar-refractivity contribution in [1.82, 2.24) is 0 Å². The molecular weight excluding hydrogens is 170 g/mol. The molecule has 2 rings (SSSR count). The summed E-state index contributed by atoms with van der Waals surface area (Å²) in [6.07, 6.45) is 9.56. The molecule has 0 spiro atoms. The molecule has 0 fully saturated rings. The highest BCUT2D eigenvalue weighted by Crippen LogP contribution is 2.50. The predicted molar refractivity (Wildman–Crippen MR) is 60.5 cm³/mol. The lowest BCUT2D eigenvalue weighted by Crippen LogP contribution is -2.18. The summed E-state index contributed by atoms with van der Waals surface area (Å²) < 4.78 is 0. The number of allylic oxidation sites excluding steroid dienone is 6. The molecule has 1 heteroatoms. The highest BCUT2D eigenvalue weighted by Gasteiger charge is 2.39. The molecule has 0 aromatic heterocycles. The predicted octanol–water partition coefficient (Wildman–Crippen LogP) is 2.93. The number of hydrogen-bond acceptors (Lipinski definition) is 1. The maximum absolute atomic E-state index is 5.96. The van der Waals surface area contributed by atoms with Gasteiger partial charge in [0.05, 0.1) is 0 Å². The molecule has 0 aromatic rings. The molecule has 2 aliphatic carbocycles. The van der Waals surface area contributed by atoms with Gasteiger partial charge in [0.2, 0.25) is 0 Å². The van der Waals surface area contributed by atoms with Crippen molar-refractivity contribution in [3.05, 3.63) is 47.7 Å². The summed E-state index contributed by atoms with van der Waals surface area (Å²) in [5.41, 5.74) is 9.74. The molecule has 14 heavy (non-hydrogen) atoms. The lowest BCUT2D eigenvalue weighted by molar-refractivity contribution is 0.549. The van der Waals surface area contributed by atoms with Crippen LogP contribution in [0.15, 0.2) is 47.7 Å². The monoisotopic (exact) mass is 187 g/mol. The van der Waals surface area contributed by atoms with Crippen molar-refractivity contribution in [2.45, 2.75) is 20.3 Å². The topological polar surface area (TPSA) is 26.0 Å². The molecule has 1 atom stereocenters. The fourth-order valence-corrected chi connectivity index (χ4v) is 2.27. The van der Waals surface area contributed by atoms with Gasteiger partial charge in [-0.1, -0.05) is 43.7 Å². The van der Waals surface area contributed by atoms with E-state index in [4.69, 9.17) is 5.73 Å². The minimum Gasteiger partial charge on any atom is -0.399 e. The number of rotatable bonds is 3. The van der Waals surface area contributed by atoms with Gasteiger partial charge in [0.15, 0.2) is 0 Å². The second-order valence-electron chi connectivity index (χ2n) is 4.52. The zero-order chi connectivity index (χ0) is 10.3. The highest BCUT2D eigenvalue weighted by atomic mass is 14.6. The summed E-state index contributed by atoms with van der Waals surface area (Å²) in [6, 6.07) is 0. The van der Waals surface area contributed by atoms with Gasteiger partial charge in [0.25, 0.3) is 0 Å². The molecule has 0 aromatic carbocycles. The van der Waals surface area contributed by atoms with E-state index >= 15 is 0 Å². The van der Waals surface area contributed by atoms with Crippen LogP contribution in [0.4, 0.5) is 0 Å². The Bertz CT molecular complexity index is 367. The Morgan fingerprint density at radius 2 is 2.21 bits per heavy atom. The molecule has 0 heterocycles. The first-order chi connectivity index (χ1) is 6.57. The smallest absolute Gasteiger partial charge is 0.0314 e. The van der Waals surface area contributed by atoms with Crippen LogP contribution in [0, 0.1) is 11.3 Å². The number of hydrogen-bond donors (Lipinski definition) is 1. The SMILES string of the molecule is C=CC1C=C1C(C)(C)C1=CCC=C1N. The van der Waals surface area contributed by atoms with Crippen LogP contribution in [0.1, 0.15) is 20.3 Å². The first-order valence-corrected chi connectivity index (χ1v) is 5.08. The second-order valence-corrected chi connectivity index (χ2v) is 4.52. The van der Waals surface area contributed by atoms with Gasteiger partial charge in [0, 0.05) is 17.0 Å². The minimum absolute atomic E-state index is 0.0932. The van der Waals surface area contributed by atoms with Crippen LogP contribution in [0.25, 0.3) is 0 Å². The Kier molecular flexibility index (Phi) is 1.91. The average molecular weight is 187 g/mol. The van der Waals surface area contributed by atoms with E-state index in [0.717, 1.165) is 12.1 Å². The molecule has 0 radical (unpaired) electrons. The van der Waals surface area contributed by atoms with Crippen LogP contribution in [0.5, 0.6) is 0 Å². The molecular formula is C13H17N. The molecule has 1 nitrogen and oxygen atoms in total. The van der Waals surface area contributed by atoms with Gasteiger partial charge in [-0.05, 0) is 12.0 Å². The van der Waals surface area contributed by atoms with E-state index in [-0.39, 0.29) is 5.41 Å². The van der Waals surface area contributed by atoms with Gasteiger partial charge in [-0.3, -0.25) is 0 Å². The first-order valence-electron chi connectivity index (χ1n) is 5.08. The van der Waals surface area contributed by atoms with Crippen molar-refractivity contribution in [3.63, 3.8) is 0 Å². The molecule has 0 saturated heterocycles. The Morgan fingerprint density at radius 3 is 2.64 bits per heavy atom. The van der Waals surface area contributed by atoms with Crippen molar-refractivity contribution in [3.8, 4) is 0 Å². The summed E-state index contributed by atoms with van der Waals surface area (Å²) in [6.45, 7) is 8.29.